The van der Waals surface area contributed by atoms with E-state index in [-0.39, 0.29) is 23.6 Å². The van der Waals surface area contributed by atoms with E-state index in [0.717, 1.165) is 22.2 Å². The molecule has 7 heteroatoms. The molecule has 1 aliphatic heterocycles. The SMILES string of the molecule is CC(C(=O)N1Cc2cc(C(=O)O)nn2CC1C)c1cn(C)c2ccccc12. The number of carboxylic acids is 1. The van der Waals surface area contributed by atoms with Gasteiger partial charge in [-0.15, -0.1) is 0 Å². The van der Waals surface area contributed by atoms with Crippen LogP contribution in [0.15, 0.2) is 36.5 Å². The summed E-state index contributed by atoms with van der Waals surface area (Å²) in [5.74, 6) is -1.29. The van der Waals surface area contributed by atoms with Gasteiger partial charge >= 0.3 is 5.97 Å². The minimum atomic E-state index is -1.05. The van der Waals surface area contributed by atoms with Crippen LogP contribution in [0.4, 0.5) is 0 Å². The fourth-order valence-corrected chi connectivity index (χ4v) is 3.92. The molecule has 0 bridgehead atoms. The highest BCUT2D eigenvalue weighted by Gasteiger charge is 2.32. The number of amides is 1. The lowest BCUT2D eigenvalue weighted by atomic mass is 9.97. The molecule has 27 heavy (non-hydrogen) atoms. The molecule has 0 saturated heterocycles. The topological polar surface area (TPSA) is 80.4 Å². The maximum Gasteiger partial charge on any atom is 0.356 e. The number of benzene rings is 1. The highest BCUT2D eigenvalue weighted by atomic mass is 16.4. The van der Waals surface area contributed by atoms with Crippen molar-refractivity contribution in [3.05, 3.63) is 53.5 Å². The van der Waals surface area contributed by atoms with E-state index < -0.39 is 5.97 Å². The third-order valence-electron chi connectivity index (χ3n) is 5.43. The summed E-state index contributed by atoms with van der Waals surface area (Å²) in [7, 11) is 1.98. The highest BCUT2D eigenvalue weighted by Crippen LogP contribution is 2.30. The number of carboxylic acid groups (broad SMARTS) is 1. The van der Waals surface area contributed by atoms with Gasteiger partial charge in [0.25, 0.3) is 0 Å². The number of hydrogen-bond acceptors (Lipinski definition) is 3. The average molecular weight is 366 g/mol. The zero-order chi connectivity index (χ0) is 19.3. The number of carbonyl (C=O) groups excluding carboxylic acids is 1. The molecule has 1 aromatic carbocycles. The maximum absolute atomic E-state index is 13.3. The number of nitrogens with zero attached hydrogens (tertiary/aromatic N) is 4. The first-order valence-corrected chi connectivity index (χ1v) is 9.01. The number of rotatable bonds is 3. The number of para-hydroxylation sites is 1. The zero-order valence-corrected chi connectivity index (χ0v) is 15.6. The second-order valence-electron chi connectivity index (χ2n) is 7.26. The molecule has 3 heterocycles. The monoisotopic (exact) mass is 366 g/mol. The molecule has 3 aromatic rings. The third-order valence-corrected chi connectivity index (χ3v) is 5.43. The van der Waals surface area contributed by atoms with Gasteiger partial charge in [0, 0.05) is 30.2 Å². The van der Waals surface area contributed by atoms with E-state index in [0.29, 0.717) is 13.1 Å². The van der Waals surface area contributed by atoms with Crippen molar-refractivity contribution >= 4 is 22.8 Å². The summed E-state index contributed by atoms with van der Waals surface area (Å²) in [4.78, 5) is 26.3. The number of fused-ring (bicyclic) bond motifs is 2. The second kappa shape index (κ2) is 6.26. The molecule has 2 unspecified atom stereocenters. The number of aryl methyl sites for hydroxylation is 1. The van der Waals surface area contributed by atoms with E-state index in [1.165, 1.54) is 0 Å². The van der Waals surface area contributed by atoms with Crippen molar-refractivity contribution in [2.75, 3.05) is 0 Å². The lowest BCUT2D eigenvalue weighted by Gasteiger charge is -2.35. The van der Waals surface area contributed by atoms with Crippen molar-refractivity contribution in [3.8, 4) is 0 Å². The Balaban J connectivity index is 1.64. The van der Waals surface area contributed by atoms with E-state index in [9.17, 15) is 9.59 Å². The highest BCUT2D eigenvalue weighted by molar-refractivity contribution is 5.92. The van der Waals surface area contributed by atoms with Gasteiger partial charge < -0.3 is 14.6 Å². The fourth-order valence-electron chi connectivity index (χ4n) is 3.92. The van der Waals surface area contributed by atoms with Crippen LogP contribution in [0.2, 0.25) is 0 Å². The lowest BCUT2D eigenvalue weighted by Crippen LogP contribution is -2.46. The molecule has 1 N–H and O–H groups in total. The number of aromatic carboxylic acids is 1. The Bertz CT molecular complexity index is 1050. The summed E-state index contributed by atoms with van der Waals surface area (Å²) < 4.78 is 3.74. The van der Waals surface area contributed by atoms with Crippen LogP contribution < -0.4 is 0 Å². The molecule has 1 aliphatic rings. The minimum absolute atomic E-state index is 0.0219. The van der Waals surface area contributed by atoms with Gasteiger partial charge in [0.1, 0.15) is 0 Å². The van der Waals surface area contributed by atoms with Crippen LogP contribution in [0.3, 0.4) is 0 Å². The predicted octanol–water partition coefficient (Wildman–Crippen LogP) is 2.61. The quantitative estimate of drug-likeness (QED) is 0.773. The normalized spacial score (nSPS) is 17.7. The number of aromatic nitrogens is 3. The van der Waals surface area contributed by atoms with Gasteiger partial charge in [0.05, 0.1) is 24.7 Å². The summed E-state index contributed by atoms with van der Waals surface area (Å²) in [6.45, 7) is 4.77. The van der Waals surface area contributed by atoms with Crippen LogP contribution in [0.25, 0.3) is 10.9 Å². The summed E-state index contributed by atoms with van der Waals surface area (Å²) in [5.41, 5.74) is 2.89. The third kappa shape index (κ3) is 2.79. The molecule has 0 radical (unpaired) electrons. The smallest absolute Gasteiger partial charge is 0.356 e. The molecule has 0 aliphatic carbocycles. The van der Waals surface area contributed by atoms with Gasteiger partial charge in [0.15, 0.2) is 5.69 Å². The van der Waals surface area contributed by atoms with Crippen LogP contribution in [-0.2, 0) is 24.9 Å². The minimum Gasteiger partial charge on any atom is -0.476 e. The van der Waals surface area contributed by atoms with Gasteiger partial charge in [-0.1, -0.05) is 18.2 Å². The Labute approximate surface area is 156 Å². The van der Waals surface area contributed by atoms with Crippen LogP contribution in [0, 0.1) is 0 Å². The number of hydrogen-bond donors (Lipinski definition) is 1. The molecule has 0 fully saturated rings. The maximum atomic E-state index is 13.3. The van der Waals surface area contributed by atoms with E-state index in [1.54, 1.807) is 10.7 Å². The molecule has 1 amide bonds. The van der Waals surface area contributed by atoms with Crippen molar-refractivity contribution < 1.29 is 14.7 Å². The van der Waals surface area contributed by atoms with Crippen LogP contribution in [0.1, 0.15) is 41.5 Å². The molecular formula is C20H22N4O3. The van der Waals surface area contributed by atoms with E-state index in [2.05, 4.69) is 5.10 Å². The molecule has 4 rings (SSSR count). The molecule has 0 saturated carbocycles. The number of carbonyl (C=O) groups is 2. The molecule has 140 valence electrons. The first-order chi connectivity index (χ1) is 12.9. The Hall–Kier alpha value is -3.09. The van der Waals surface area contributed by atoms with E-state index >= 15 is 0 Å². The average Bonchev–Trinajstić information content (AvgIpc) is 3.21. The predicted molar refractivity (Wildman–Crippen MR) is 101 cm³/mol. The molecule has 2 atom stereocenters. The van der Waals surface area contributed by atoms with Crippen molar-refractivity contribution in [2.24, 2.45) is 7.05 Å². The Morgan fingerprint density at radius 1 is 1.30 bits per heavy atom. The molecule has 7 nitrogen and oxygen atoms in total. The van der Waals surface area contributed by atoms with Gasteiger partial charge in [-0.3, -0.25) is 9.48 Å². The standard InChI is InChI=1S/C20H22N4O3/c1-12-9-24-14(8-17(21-24)20(26)27)10-23(12)19(25)13(2)16-11-22(3)18-7-5-4-6-15(16)18/h4-8,11-13H,9-10H2,1-3H3,(H,26,27). The molecular weight excluding hydrogens is 344 g/mol. The molecule has 2 aromatic heterocycles. The largest absolute Gasteiger partial charge is 0.476 e. The van der Waals surface area contributed by atoms with Crippen molar-refractivity contribution in [2.45, 2.75) is 38.9 Å². The van der Waals surface area contributed by atoms with Gasteiger partial charge in [-0.05, 0) is 31.5 Å². The first-order valence-electron chi connectivity index (χ1n) is 9.01. The van der Waals surface area contributed by atoms with Crippen molar-refractivity contribution in [1.29, 1.82) is 0 Å². The van der Waals surface area contributed by atoms with Gasteiger partial charge in [-0.2, -0.15) is 5.10 Å². The van der Waals surface area contributed by atoms with Crippen molar-refractivity contribution in [1.82, 2.24) is 19.2 Å². The van der Waals surface area contributed by atoms with Gasteiger partial charge in [0.2, 0.25) is 5.91 Å². The second-order valence-corrected chi connectivity index (χ2v) is 7.26. The Morgan fingerprint density at radius 2 is 2.04 bits per heavy atom. The Morgan fingerprint density at radius 3 is 2.78 bits per heavy atom. The fraction of sp³-hybridized carbons (Fsp3) is 0.350. The first kappa shape index (κ1) is 17.3. The Kier molecular flexibility index (Phi) is 4.02. The van der Waals surface area contributed by atoms with Crippen molar-refractivity contribution in [3.63, 3.8) is 0 Å². The van der Waals surface area contributed by atoms with Crippen LogP contribution in [-0.4, -0.2) is 42.3 Å². The zero-order valence-electron chi connectivity index (χ0n) is 15.6. The summed E-state index contributed by atoms with van der Waals surface area (Å²) in [6.07, 6.45) is 2.02. The molecule has 0 spiro atoms. The van der Waals surface area contributed by atoms with Gasteiger partial charge in [-0.25, -0.2) is 4.79 Å². The summed E-state index contributed by atoms with van der Waals surface area (Å²) in [5, 5.41) is 14.4. The van der Waals surface area contributed by atoms with E-state index in [1.807, 2.05) is 60.8 Å². The summed E-state index contributed by atoms with van der Waals surface area (Å²) >= 11 is 0. The van der Waals surface area contributed by atoms with E-state index in [4.69, 9.17) is 5.11 Å². The summed E-state index contributed by atoms with van der Waals surface area (Å²) in [6, 6.07) is 9.57. The van der Waals surface area contributed by atoms with Crippen LogP contribution >= 0.6 is 0 Å². The lowest BCUT2D eigenvalue weighted by molar-refractivity contribution is -0.136. The van der Waals surface area contributed by atoms with Crippen LogP contribution in [0.5, 0.6) is 0 Å².